The Balaban J connectivity index is 1.32. The first-order valence-corrected chi connectivity index (χ1v) is 9.32. The second kappa shape index (κ2) is 7.11. The Labute approximate surface area is 154 Å². The lowest BCUT2D eigenvalue weighted by Crippen LogP contribution is -2.47. The van der Waals surface area contributed by atoms with Gasteiger partial charge in [0, 0.05) is 38.2 Å². The predicted molar refractivity (Wildman–Crippen MR) is 100.0 cm³/mol. The number of carbonyl (C=O) groups excluding carboxylic acids is 1. The van der Waals surface area contributed by atoms with E-state index in [-0.39, 0.29) is 11.5 Å². The zero-order valence-electron chi connectivity index (χ0n) is 15.3. The number of piperidine rings is 1. The Hall–Kier alpha value is -2.34. The molecule has 0 saturated carbocycles. The fourth-order valence-corrected chi connectivity index (χ4v) is 4.09. The van der Waals surface area contributed by atoms with Gasteiger partial charge in [-0.3, -0.25) is 9.48 Å². The molecule has 6 nitrogen and oxygen atoms in total. The Morgan fingerprint density at radius 2 is 2.04 bits per heavy atom. The van der Waals surface area contributed by atoms with Crippen LogP contribution in [0.5, 0.6) is 0 Å². The van der Waals surface area contributed by atoms with Crippen LogP contribution >= 0.6 is 0 Å². The maximum Gasteiger partial charge on any atom is 0.244 e. The lowest BCUT2D eigenvalue weighted by molar-refractivity contribution is -0.136. The van der Waals surface area contributed by atoms with Gasteiger partial charge in [-0.2, -0.15) is 5.10 Å². The number of likely N-dealkylation sites (N-methyl/N-ethyl adjacent to an activating group) is 1. The van der Waals surface area contributed by atoms with Gasteiger partial charge in [-0.25, -0.2) is 0 Å². The normalized spacial score (nSPS) is 21.9. The van der Waals surface area contributed by atoms with E-state index in [9.17, 15) is 4.79 Å². The highest BCUT2D eigenvalue weighted by atomic mass is 16.5. The van der Waals surface area contributed by atoms with Crippen molar-refractivity contribution in [2.24, 2.45) is 0 Å². The van der Waals surface area contributed by atoms with Crippen LogP contribution in [0.25, 0.3) is 0 Å². The van der Waals surface area contributed by atoms with Crippen molar-refractivity contribution < 1.29 is 9.53 Å². The molecule has 26 heavy (non-hydrogen) atoms. The maximum absolute atomic E-state index is 12.4. The summed E-state index contributed by atoms with van der Waals surface area (Å²) in [6, 6.07) is 12.7. The summed E-state index contributed by atoms with van der Waals surface area (Å²) in [5, 5.41) is 4.12. The van der Waals surface area contributed by atoms with Gasteiger partial charge >= 0.3 is 0 Å². The summed E-state index contributed by atoms with van der Waals surface area (Å²) < 4.78 is 7.96. The van der Waals surface area contributed by atoms with Crippen molar-refractivity contribution in [3.8, 4) is 0 Å². The molecule has 2 saturated heterocycles. The summed E-state index contributed by atoms with van der Waals surface area (Å²) in [7, 11) is 2.14. The molecule has 0 aliphatic carbocycles. The summed E-state index contributed by atoms with van der Waals surface area (Å²) >= 11 is 0. The minimum absolute atomic E-state index is 0.0732. The second-order valence-electron chi connectivity index (χ2n) is 7.38. The van der Waals surface area contributed by atoms with Gasteiger partial charge in [0.2, 0.25) is 5.91 Å². The molecule has 0 bridgehead atoms. The number of amides is 1. The highest BCUT2D eigenvalue weighted by molar-refractivity contribution is 5.76. The van der Waals surface area contributed by atoms with Crippen LogP contribution in [0.2, 0.25) is 0 Å². The van der Waals surface area contributed by atoms with Gasteiger partial charge in [-0.05, 0) is 37.5 Å². The van der Waals surface area contributed by atoms with Gasteiger partial charge < -0.3 is 14.5 Å². The molecular weight excluding hydrogens is 328 g/mol. The van der Waals surface area contributed by atoms with Gasteiger partial charge in [-0.1, -0.05) is 18.2 Å². The fraction of sp³-hybridized carbons (Fsp3) is 0.500. The Morgan fingerprint density at radius 1 is 1.27 bits per heavy atom. The molecule has 1 aromatic heterocycles. The van der Waals surface area contributed by atoms with Gasteiger partial charge in [0.1, 0.15) is 6.54 Å². The standard InChI is InChI=1S/C20H26N4O2/c1-22(17-6-3-2-4-7-17)18-14-20(26-16-18)8-12-23(13-9-20)19(25)15-24-11-5-10-21-24/h2-7,10-11,18H,8-9,12-16H2,1H3/t18-/m0/s1. The smallest absolute Gasteiger partial charge is 0.244 e. The largest absolute Gasteiger partial charge is 0.373 e. The minimum Gasteiger partial charge on any atom is -0.373 e. The number of ether oxygens (including phenoxy) is 1. The average Bonchev–Trinajstić information content (AvgIpc) is 3.33. The van der Waals surface area contributed by atoms with Gasteiger partial charge in [0.05, 0.1) is 18.2 Å². The first-order chi connectivity index (χ1) is 12.7. The highest BCUT2D eigenvalue weighted by Gasteiger charge is 2.44. The first-order valence-electron chi connectivity index (χ1n) is 9.32. The summed E-state index contributed by atoms with van der Waals surface area (Å²) in [6.07, 6.45) is 6.38. The molecule has 138 valence electrons. The van der Waals surface area contributed by atoms with E-state index in [2.05, 4.69) is 41.3 Å². The number of hydrogen-bond donors (Lipinski definition) is 0. The molecule has 1 amide bonds. The molecule has 4 rings (SSSR count). The van der Waals surface area contributed by atoms with Crippen LogP contribution in [0.15, 0.2) is 48.8 Å². The van der Waals surface area contributed by atoms with E-state index in [4.69, 9.17) is 4.74 Å². The minimum atomic E-state index is -0.0732. The Morgan fingerprint density at radius 3 is 2.73 bits per heavy atom. The quantitative estimate of drug-likeness (QED) is 0.844. The summed E-state index contributed by atoms with van der Waals surface area (Å²) in [5.41, 5.74) is 1.15. The molecule has 1 aromatic carbocycles. The predicted octanol–water partition coefficient (Wildman–Crippen LogP) is 2.17. The Kier molecular flexibility index (Phi) is 4.68. The second-order valence-corrected chi connectivity index (χ2v) is 7.38. The van der Waals surface area contributed by atoms with Crippen LogP contribution in [0.1, 0.15) is 19.3 Å². The summed E-state index contributed by atoms with van der Waals surface area (Å²) in [5.74, 6) is 0.138. The molecule has 2 aromatic rings. The van der Waals surface area contributed by atoms with Crippen molar-refractivity contribution in [3.63, 3.8) is 0 Å². The number of anilines is 1. The number of carbonyl (C=O) groups is 1. The molecule has 0 radical (unpaired) electrons. The van der Waals surface area contributed by atoms with Crippen molar-refractivity contribution in [2.75, 3.05) is 31.6 Å². The van der Waals surface area contributed by atoms with Crippen LogP contribution in [0, 0.1) is 0 Å². The summed E-state index contributed by atoms with van der Waals surface area (Å²) in [4.78, 5) is 16.7. The van der Waals surface area contributed by atoms with Gasteiger partial charge in [0.15, 0.2) is 0 Å². The molecule has 6 heteroatoms. The third kappa shape index (κ3) is 3.46. The van der Waals surface area contributed by atoms with Gasteiger partial charge in [-0.15, -0.1) is 0 Å². The fourth-order valence-electron chi connectivity index (χ4n) is 4.09. The maximum atomic E-state index is 12.4. The van der Waals surface area contributed by atoms with Crippen LogP contribution in [0.3, 0.4) is 0 Å². The molecule has 0 unspecified atom stereocenters. The number of hydrogen-bond acceptors (Lipinski definition) is 4. The number of rotatable bonds is 4. The van der Waals surface area contributed by atoms with Crippen molar-refractivity contribution >= 4 is 11.6 Å². The van der Waals surface area contributed by atoms with Crippen LogP contribution in [0.4, 0.5) is 5.69 Å². The molecule has 2 aliphatic rings. The van der Waals surface area contributed by atoms with Crippen LogP contribution < -0.4 is 4.90 Å². The van der Waals surface area contributed by atoms with Crippen molar-refractivity contribution in [3.05, 3.63) is 48.8 Å². The summed E-state index contributed by atoms with van der Waals surface area (Å²) in [6.45, 7) is 2.61. The zero-order valence-corrected chi connectivity index (χ0v) is 15.3. The first kappa shape index (κ1) is 17.1. The number of nitrogens with zero attached hydrogens (tertiary/aromatic N) is 4. The van der Waals surface area contributed by atoms with Crippen molar-refractivity contribution in [2.45, 2.75) is 37.5 Å². The van der Waals surface area contributed by atoms with E-state index in [1.807, 2.05) is 23.2 Å². The van der Waals surface area contributed by atoms with E-state index in [1.54, 1.807) is 10.9 Å². The SMILES string of the molecule is CN(c1ccccc1)[C@@H]1COC2(CCN(C(=O)Cn3cccn3)CC2)C1. The zero-order chi connectivity index (χ0) is 18.0. The molecule has 1 atom stereocenters. The van der Waals surface area contributed by atoms with Gasteiger partial charge in [0.25, 0.3) is 0 Å². The monoisotopic (exact) mass is 354 g/mol. The molecule has 2 aliphatic heterocycles. The lowest BCUT2D eigenvalue weighted by atomic mass is 9.87. The van der Waals surface area contributed by atoms with E-state index < -0.39 is 0 Å². The van der Waals surface area contributed by atoms with Crippen molar-refractivity contribution in [1.29, 1.82) is 0 Å². The van der Waals surface area contributed by atoms with E-state index >= 15 is 0 Å². The highest BCUT2D eigenvalue weighted by Crippen LogP contribution is 2.38. The molecule has 0 N–H and O–H groups in total. The number of benzene rings is 1. The van der Waals surface area contributed by atoms with E-state index in [1.165, 1.54) is 5.69 Å². The average molecular weight is 354 g/mol. The number of aromatic nitrogens is 2. The van der Waals surface area contributed by atoms with E-state index in [0.717, 1.165) is 39.0 Å². The molecule has 2 fully saturated rings. The van der Waals surface area contributed by atoms with Crippen LogP contribution in [-0.4, -0.2) is 59.0 Å². The molecular formula is C20H26N4O2. The third-order valence-electron chi connectivity index (χ3n) is 5.78. The molecule has 1 spiro atoms. The van der Waals surface area contributed by atoms with E-state index in [0.29, 0.717) is 12.6 Å². The van der Waals surface area contributed by atoms with Crippen molar-refractivity contribution in [1.82, 2.24) is 14.7 Å². The number of likely N-dealkylation sites (tertiary alicyclic amines) is 1. The van der Waals surface area contributed by atoms with Crippen LogP contribution in [-0.2, 0) is 16.1 Å². The Bertz CT molecular complexity index is 724. The topological polar surface area (TPSA) is 50.6 Å². The third-order valence-corrected chi connectivity index (χ3v) is 5.78. The lowest BCUT2D eigenvalue weighted by Gasteiger charge is -2.39. The molecule has 3 heterocycles. The number of para-hydroxylation sites is 1.